The standard InChI is InChI=1S/C28H36N4O2S/c1-20-14-21(2)17-30(16-20)12-7-11-29-27(34)28(3)19-31-24-10-5-4-8-22(24)15-25(31)26(33)32(28)18-23-9-6-13-35-23/h4-6,8-10,13,15,20-21H,7,11-12,14,16-19H2,1-3H3,(H,29,34)/t20-,21-,28+/m1/s1. The van der Waals surface area contributed by atoms with E-state index in [4.69, 9.17) is 0 Å². The number of rotatable bonds is 7. The summed E-state index contributed by atoms with van der Waals surface area (Å²) in [6.07, 6.45) is 2.22. The molecule has 4 heterocycles. The number of amides is 2. The van der Waals surface area contributed by atoms with E-state index in [-0.39, 0.29) is 11.8 Å². The van der Waals surface area contributed by atoms with E-state index in [1.165, 1.54) is 6.42 Å². The number of nitrogens with one attached hydrogen (secondary N) is 1. The minimum absolute atomic E-state index is 0.0776. The van der Waals surface area contributed by atoms with Crippen LogP contribution in [0, 0.1) is 11.8 Å². The van der Waals surface area contributed by atoms with E-state index in [9.17, 15) is 9.59 Å². The first-order valence-corrected chi connectivity index (χ1v) is 13.7. The van der Waals surface area contributed by atoms with Crippen molar-refractivity contribution in [3.8, 4) is 0 Å². The van der Waals surface area contributed by atoms with E-state index in [1.54, 1.807) is 16.2 Å². The number of nitrogens with zero attached hydrogens (tertiary/aromatic N) is 3. The lowest BCUT2D eigenvalue weighted by Gasteiger charge is -2.44. The number of benzene rings is 1. The molecule has 2 amide bonds. The topological polar surface area (TPSA) is 57.6 Å². The molecular formula is C28H36N4O2S. The second kappa shape index (κ2) is 9.78. The SMILES string of the molecule is C[C@@H]1C[C@@H](C)CN(CCCNC(=O)[C@]2(C)Cn3c(cc4ccccc43)C(=O)N2Cc2cccs2)C1. The van der Waals surface area contributed by atoms with Crippen molar-refractivity contribution in [1.29, 1.82) is 0 Å². The molecule has 0 saturated carbocycles. The van der Waals surface area contributed by atoms with Gasteiger partial charge in [-0.05, 0) is 61.7 Å². The lowest BCUT2D eigenvalue weighted by Crippen LogP contribution is -2.63. The summed E-state index contributed by atoms with van der Waals surface area (Å²) >= 11 is 1.62. The molecule has 1 fully saturated rings. The molecule has 1 saturated heterocycles. The second-order valence-electron chi connectivity index (χ2n) is 10.7. The van der Waals surface area contributed by atoms with Gasteiger partial charge < -0.3 is 19.7 Å². The number of hydrogen-bond donors (Lipinski definition) is 1. The van der Waals surface area contributed by atoms with Crippen LogP contribution in [0.2, 0.25) is 0 Å². The first-order valence-electron chi connectivity index (χ1n) is 12.8. The van der Waals surface area contributed by atoms with Crippen LogP contribution in [0.15, 0.2) is 47.8 Å². The fraction of sp³-hybridized carbons (Fsp3) is 0.500. The zero-order valence-electron chi connectivity index (χ0n) is 21.0. The molecule has 2 aliphatic rings. The van der Waals surface area contributed by atoms with Crippen LogP contribution in [0.5, 0.6) is 0 Å². The lowest BCUT2D eigenvalue weighted by atomic mass is 9.92. The van der Waals surface area contributed by atoms with Crippen molar-refractivity contribution in [2.75, 3.05) is 26.2 Å². The van der Waals surface area contributed by atoms with Crippen LogP contribution >= 0.6 is 11.3 Å². The number of piperidine rings is 1. The molecule has 1 aromatic carbocycles. The van der Waals surface area contributed by atoms with E-state index in [0.717, 1.165) is 53.7 Å². The van der Waals surface area contributed by atoms with Gasteiger partial charge in [-0.3, -0.25) is 9.59 Å². The summed E-state index contributed by atoms with van der Waals surface area (Å²) < 4.78 is 2.03. The monoisotopic (exact) mass is 492 g/mol. The summed E-state index contributed by atoms with van der Waals surface area (Å²) in [6, 6.07) is 14.0. The first-order chi connectivity index (χ1) is 16.8. The van der Waals surface area contributed by atoms with Gasteiger partial charge in [0.05, 0.1) is 13.1 Å². The molecule has 186 valence electrons. The molecule has 7 heteroatoms. The minimum atomic E-state index is -0.968. The van der Waals surface area contributed by atoms with Crippen molar-refractivity contribution in [2.24, 2.45) is 11.8 Å². The number of thiophene rings is 1. The minimum Gasteiger partial charge on any atom is -0.354 e. The Bertz CT molecular complexity index is 1190. The van der Waals surface area contributed by atoms with Gasteiger partial charge in [0.15, 0.2) is 0 Å². The summed E-state index contributed by atoms with van der Waals surface area (Å²) in [6.45, 7) is 11.3. The zero-order valence-corrected chi connectivity index (χ0v) is 21.8. The molecule has 0 aliphatic carbocycles. The molecule has 0 radical (unpaired) electrons. The molecule has 0 unspecified atom stereocenters. The third-order valence-corrected chi connectivity index (χ3v) is 8.46. The number of aromatic nitrogens is 1. The average Bonchev–Trinajstić information content (AvgIpc) is 3.47. The molecule has 2 aliphatic heterocycles. The third kappa shape index (κ3) is 4.76. The van der Waals surface area contributed by atoms with Gasteiger partial charge in [0.25, 0.3) is 5.91 Å². The van der Waals surface area contributed by atoms with Crippen LogP contribution in [0.25, 0.3) is 10.9 Å². The lowest BCUT2D eigenvalue weighted by molar-refractivity contribution is -0.133. The highest BCUT2D eigenvalue weighted by atomic mass is 32.1. The smallest absolute Gasteiger partial charge is 0.271 e. The number of fused-ring (bicyclic) bond motifs is 3. The van der Waals surface area contributed by atoms with Crippen molar-refractivity contribution in [3.63, 3.8) is 0 Å². The molecular weight excluding hydrogens is 456 g/mol. The molecule has 35 heavy (non-hydrogen) atoms. The largest absolute Gasteiger partial charge is 0.354 e. The maximum atomic E-state index is 13.8. The maximum absolute atomic E-state index is 13.8. The third-order valence-electron chi connectivity index (χ3n) is 7.60. The van der Waals surface area contributed by atoms with Gasteiger partial charge in [-0.15, -0.1) is 11.3 Å². The van der Waals surface area contributed by atoms with E-state index in [1.807, 2.05) is 59.3 Å². The summed E-state index contributed by atoms with van der Waals surface area (Å²) in [5.74, 6) is 1.30. The van der Waals surface area contributed by atoms with E-state index >= 15 is 0 Å². The van der Waals surface area contributed by atoms with E-state index in [2.05, 4.69) is 24.1 Å². The van der Waals surface area contributed by atoms with Gasteiger partial charge in [-0.25, -0.2) is 0 Å². The summed E-state index contributed by atoms with van der Waals surface area (Å²) in [5, 5.41) is 6.23. The number of para-hydroxylation sites is 1. The number of carbonyl (C=O) groups is 2. The molecule has 6 nitrogen and oxygen atoms in total. The van der Waals surface area contributed by atoms with Crippen LogP contribution in [0.3, 0.4) is 0 Å². The normalized spacial score (nSPS) is 25.1. The van der Waals surface area contributed by atoms with Crippen LogP contribution in [-0.2, 0) is 17.9 Å². The van der Waals surface area contributed by atoms with Gasteiger partial charge in [0, 0.05) is 35.4 Å². The van der Waals surface area contributed by atoms with Gasteiger partial charge in [-0.2, -0.15) is 0 Å². The Morgan fingerprint density at radius 3 is 2.66 bits per heavy atom. The van der Waals surface area contributed by atoms with Gasteiger partial charge in [0.1, 0.15) is 11.2 Å². The highest BCUT2D eigenvalue weighted by Gasteiger charge is 2.47. The molecule has 0 bridgehead atoms. The molecule has 0 spiro atoms. The highest BCUT2D eigenvalue weighted by Crippen LogP contribution is 2.34. The fourth-order valence-corrected chi connectivity index (χ4v) is 6.67. The van der Waals surface area contributed by atoms with Crippen LogP contribution in [0.1, 0.15) is 49.0 Å². The van der Waals surface area contributed by atoms with Crippen molar-refractivity contribution < 1.29 is 9.59 Å². The predicted octanol–water partition coefficient (Wildman–Crippen LogP) is 4.60. The second-order valence-corrected chi connectivity index (χ2v) is 11.8. The Hall–Kier alpha value is -2.64. The molecule has 3 aromatic rings. The van der Waals surface area contributed by atoms with Crippen molar-refractivity contribution in [2.45, 2.75) is 52.2 Å². The Kier molecular flexibility index (Phi) is 6.73. The van der Waals surface area contributed by atoms with Crippen LogP contribution < -0.4 is 5.32 Å². The van der Waals surface area contributed by atoms with Crippen LogP contribution in [0.4, 0.5) is 0 Å². The van der Waals surface area contributed by atoms with Crippen molar-refractivity contribution >= 4 is 34.1 Å². The number of carbonyl (C=O) groups excluding carboxylic acids is 2. The maximum Gasteiger partial charge on any atom is 0.271 e. The van der Waals surface area contributed by atoms with Gasteiger partial charge in [0.2, 0.25) is 5.91 Å². The summed E-state index contributed by atoms with van der Waals surface area (Å²) in [4.78, 5) is 32.8. The van der Waals surface area contributed by atoms with Crippen molar-refractivity contribution in [1.82, 2.24) is 19.7 Å². The number of hydrogen-bond acceptors (Lipinski definition) is 4. The quantitative estimate of drug-likeness (QED) is 0.491. The average molecular weight is 493 g/mol. The molecule has 5 rings (SSSR count). The Balaban J connectivity index is 1.33. The fourth-order valence-electron chi connectivity index (χ4n) is 5.98. The Labute approximate surface area is 211 Å². The summed E-state index contributed by atoms with van der Waals surface area (Å²) in [7, 11) is 0. The predicted molar refractivity (Wildman–Crippen MR) is 142 cm³/mol. The zero-order chi connectivity index (χ0) is 24.6. The molecule has 2 aromatic heterocycles. The van der Waals surface area contributed by atoms with Gasteiger partial charge in [-0.1, -0.05) is 38.1 Å². The highest BCUT2D eigenvalue weighted by molar-refractivity contribution is 7.09. The Morgan fingerprint density at radius 1 is 1.14 bits per heavy atom. The summed E-state index contributed by atoms with van der Waals surface area (Å²) in [5.41, 5.74) is 0.685. The Morgan fingerprint density at radius 2 is 1.91 bits per heavy atom. The number of likely N-dealkylation sites (tertiary alicyclic amines) is 1. The van der Waals surface area contributed by atoms with Crippen molar-refractivity contribution in [3.05, 3.63) is 58.4 Å². The molecule has 3 atom stereocenters. The molecule has 1 N–H and O–H groups in total. The van der Waals surface area contributed by atoms with E-state index in [0.29, 0.717) is 25.3 Å². The van der Waals surface area contributed by atoms with E-state index < -0.39 is 5.54 Å². The first kappa shape index (κ1) is 24.1. The van der Waals surface area contributed by atoms with Gasteiger partial charge >= 0.3 is 0 Å². The van der Waals surface area contributed by atoms with Crippen LogP contribution in [-0.4, -0.2) is 57.9 Å².